The first-order valence-corrected chi connectivity index (χ1v) is 10.8. The molecule has 3 aromatic rings. The lowest BCUT2D eigenvalue weighted by atomic mass is 9.96. The molecule has 1 fully saturated rings. The summed E-state index contributed by atoms with van der Waals surface area (Å²) >= 11 is 0. The van der Waals surface area contributed by atoms with Crippen LogP contribution in [0.3, 0.4) is 0 Å². The number of nitrogens with one attached hydrogen (secondary N) is 2. The van der Waals surface area contributed by atoms with E-state index in [1.807, 2.05) is 18.2 Å². The van der Waals surface area contributed by atoms with Crippen molar-refractivity contribution in [3.05, 3.63) is 66.5 Å². The lowest BCUT2D eigenvalue weighted by Gasteiger charge is -2.32. The molecule has 1 aromatic carbocycles. The van der Waals surface area contributed by atoms with Crippen LogP contribution in [0, 0.1) is 5.82 Å². The summed E-state index contributed by atoms with van der Waals surface area (Å²) in [6.45, 7) is 2.47. The Kier molecular flexibility index (Phi) is 6.87. The molecule has 33 heavy (non-hydrogen) atoms. The van der Waals surface area contributed by atoms with Gasteiger partial charge in [-0.3, -0.25) is 14.6 Å². The Morgan fingerprint density at radius 3 is 2.73 bits per heavy atom. The molecule has 0 bridgehead atoms. The van der Waals surface area contributed by atoms with Gasteiger partial charge >= 0.3 is 0 Å². The van der Waals surface area contributed by atoms with Crippen LogP contribution >= 0.6 is 0 Å². The number of hydrogen-bond donors (Lipinski definition) is 2. The molecule has 1 saturated heterocycles. The Hall–Kier alpha value is -3.88. The zero-order chi connectivity index (χ0) is 23.2. The lowest BCUT2D eigenvalue weighted by molar-refractivity contribution is -0.133. The minimum Gasteiger partial charge on any atom is -0.347 e. The molecule has 4 rings (SSSR count). The third kappa shape index (κ3) is 5.88. The highest BCUT2D eigenvalue weighted by Gasteiger charge is 2.27. The van der Waals surface area contributed by atoms with E-state index in [2.05, 4.69) is 15.6 Å². The minimum atomic E-state index is -0.343. The topological polar surface area (TPSA) is 100 Å². The number of hydrogen-bond acceptors (Lipinski definition) is 6. The number of amides is 2. The first kappa shape index (κ1) is 22.3. The fraction of sp³-hybridized carbons (Fsp3) is 0.292. The second kappa shape index (κ2) is 10.2. The maximum absolute atomic E-state index is 13.7. The van der Waals surface area contributed by atoms with Crippen LogP contribution in [-0.2, 0) is 9.59 Å². The summed E-state index contributed by atoms with van der Waals surface area (Å²) in [4.78, 5) is 39.0. The van der Waals surface area contributed by atoms with Crippen LogP contribution < -0.4 is 10.6 Å². The maximum Gasteiger partial charge on any atom is 0.241 e. The van der Waals surface area contributed by atoms with E-state index in [1.165, 1.54) is 19.1 Å². The van der Waals surface area contributed by atoms with Crippen LogP contribution in [-0.4, -0.2) is 51.3 Å². The Balaban J connectivity index is 1.62. The number of halogens is 1. The van der Waals surface area contributed by atoms with Gasteiger partial charge in [-0.2, -0.15) is 0 Å². The number of benzene rings is 1. The SMILES string of the molecule is CC(=O)NCC(=O)N1CCCC(c2nc(Nc3cccc(F)c3)cc(-c3ccncc3)n2)C1. The van der Waals surface area contributed by atoms with Crippen molar-refractivity contribution in [3.63, 3.8) is 0 Å². The predicted octanol–water partition coefficient (Wildman–Crippen LogP) is 3.26. The van der Waals surface area contributed by atoms with Gasteiger partial charge in [-0.15, -0.1) is 0 Å². The highest BCUT2D eigenvalue weighted by atomic mass is 19.1. The summed E-state index contributed by atoms with van der Waals surface area (Å²) < 4.78 is 13.7. The van der Waals surface area contributed by atoms with Crippen molar-refractivity contribution < 1.29 is 14.0 Å². The van der Waals surface area contributed by atoms with E-state index in [4.69, 9.17) is 9.97 Å². The number of carbonyl (C=O) groups excluding carboxylic acids is 2. The Morgan fingerprint density at radius 1 is 1.15 bits per heavy atom. The Morgan fingerprint density at radius 2 is 1.97 bits per heavy atom. The molecule has 2 amide bonds. The van der Waals surface area contributed by atoms with E-state index in [9.17, 15) is 14.0 Å². The first-order valence-electron chi connectivity index (χ1n) is 10.8. The molecule has 1 aliphatic heterocycles. The first-order chi connectivity index (χ1) is 16.0. The molecule has 170 valence electrons. The van der Waals surface area contributed by atoms with Crippen molar-refractivity contribution >= 4 is 23.3 Å². The number of piperidine rings is 1. The summed E-state index contributed by atoms with van der Waals surface area (Å²) in [6, 6.07) is 11.7. The zero-order valence-electron chi connectivity index (χ0n) is 18.3. The van der Waals surface area contributed by atoms with E-state index in [-0.39, 0.29) is 30.1 Å². The molecule has 0 spiro atoms. The zero-order valence-corrected chi connectivity index (χ0v) is 18.3. The Labute approximate surface area is 191 Å². The number of aromatic nitrogens is 3. The molecule has 0 aliphatic carbocycles. The highest BCUT2D eigenvalue weighted by Crippen LogP contribution is 2.29. The number of rotatable bonds is 6. The average Bonchev–Trinajstić information content (AvgIpc) is 2.83. The van der Waals surface area contributed by atoms with Crippen molar-refractivity contribution in [2.24, 2.45) is 0 Å². The number of pyridine rings is 1. The average molecular weight is 449 g/mol. The van der Waals surface area contributed by atoms with Crippen LogP contribution in [0.15, 0.2) is 54.9 Å². The summed E-state index contributed by atoms with van der Waals surface area (Å²) in [7, 11) is 0. The fourth-order valence-electron chi connectivity index (χ4n) is 3.82. The Bertz CT molecular complexity index is 1140. The maximum atomic E-state index is 13.7. The molecule has 1 atom stereocenters. The van der Waals surface area contributed by atoms with Gasteiger partial charge in [-0.1, -0.05) is 6.07 Å². The number of nitrogens with zero attached hydrogens (tertiary/aromatic N) is 4. The van der Waals surface area contributed by atoms with E-state index in [1.54, 1.807) is 29.4 Å². The third-order valence-corrected chi connectivity index (χ3v) is 5.44. The van der Waals surface area contributed by atoms with E-state index in [0.29, 0.717) is 36.1 Å². The van der Waals surface area contributed by atoms with Gasteiger partial charge in [0.15, 0.2) is 0 Å². The molecule has 8 nitrogen and oxygen atoms in total. The van der Waals surface area contributed by atoms with Crippen molar-refractivity contribution in [1.29, 1.82) is 0 Å². The smallest absolute Gasteiger partial charge is 0.241 e. The van der Waals surface area contributed by atoms with Crippen molar-refractivity contribution in [3.8, 4) is 11.3 Å². The van der Waals surface area contributed by atoms with Crippen molar-refractivity contribution in [2.75, 3.05) is 25.0 Å². The van der Waals surface area contributed by atoms with Crippen LogP contribution in [0.1, 0.15) is 31.5 Å². The predicted molar refractivity (Wildman–Crippen MR) is 122 cm³/mol. The normalized spacial score (nSPS) is 15.7. The van der Waals surface area contributed by atoms with E-state index < -0.39 is 0 Å². The second-order valence-electron chi connectivity index (χ2n) is 7.96. The largest absolute Gasteiger partial charge is 0.347 e. The van der Waals surface area contributed by atoms with Crippen LogP contribution in [0.2, 0.25) is 0 Å². The monoisotopic (exact) mass is 448 g/mol. The second-order valence-corrected chi connectivity index (χ2v) is 7.96. The number of likely N-dealkylation sites (tertiary alicyclic amines) is 1. The van der Waals surface area contributed by atoms with Gasteiger partial charge in [-0.25, -0.2) is 14.4 Å². The van der Waals surface area contributed by atoms with Gasteiger partial charge in [0, 0.05) is 55.6 Å². The molecule has 1 aliphatic rings. The highest BCUT2D eigenvalue weighted by molar-refractivity contribution is 5.83. The summed E-state index contributed by atoms with van der Waals surface area (Å²) in [5, 5.41) is 5.73. The summed E-state index contributed by atoms with van der Waals surface area (Å²) in [5.41, 5.74) is 2.17. The summed E-state index contributed by atoms with van der Waals surface area (Å²) in [6.07, 6.45) is 5.04. The third-order valence-electron chi connectivity index (χ3n) is 5.44. The number of anilines is 2. The molecule has 9 heteroatoms. The van der Waals surface area contributed by atoms with Crippen LogP contribution in [0.5, 0.6) is 0 Å². The fourth-order valence-corrected chi connectivity index (χ4v) is 3.82. The van der Waals surface area contributed by atoms with Gasteiger partial charge in [0.2, 0.25) is 11.8 Å². The molecular weight excluding hydrogens is 423 g/mol. The molecule has 1 unspecified atom stereocenters. The molecule has 2 aromatic heterocycles. The van der Waals surface area contributed by atoms with Crippen LogP contribution in [0.4, 0.5) is 15.9 Å². The molecule has 0 saturated carbocycles. The lowest BCUT2D eigenvalue weighted by Crippen LogP contribution is -2.44. The van der Waals surface area contributed by atoms with E-state index >= 15 is 0 Å². The van der Waals surface area contributed by atoms with Crippen molar-refractivity contribution in [1.82, 2.24) is 25.2 Å². The van der Waals surface area contributed by atoms with Gasteiger partial charge in [0.25, 0.3) is 0 Å². The summed E-state index contributed by atoms with van der Waals surface area (Å²) in [5.74, 6) is 0.384. The molecule has 2 N–H and O–H groups in total. The van der Waals surface area contributed by atoms with Crippen LogP contribution in [0.25, 0.3) is 11.3 Å². The molecule has 0 radical (unpaired) electrons. The standard InChI is InChI=1S/C24H25FN6O2/c1-16(32)27-14-23(33)31-11-3-4-18(15-31)24-29-21(17-7-9-26-10-8-17)13-22(30-24)28-20-6-2-5-19(25)12-20/h2,5-10,12-13,18H,3-4,11,14-15H2,1H3,(H,27,32)(H,28,29,30). The van der Waals surface area contributed by atoms with E-state index in [0.717, 1.165) is 18.4 Å². The van der Waals surface area contributed by atoms with Gasteiger partial charge in [0.1, 0.15) is 17.5 Å². The quantitative estimate of drug-likeness (QED) is 0.600. The molecular formula is C24H25FN6O2. The minimum absolute atomic E-state index is 0.0215. The van der Waals surface area contributed by atoms with Gasteiger partial charge in [0.05, 0.1) is 12.2 Å². The van der Waals surface area contributed by atoms with Crippen molar-refractivity contribution in [2.45, 2.75) is 25.7 Å². The van der Waals surface area contributed by atoms with Gasteiger partial charge in [-0.05, 0) is 43.2 Å². The van der Waals surface area contributed by atoms with Gasteiger partial charge < -0.3 is 15.5 Å². The number of carbonyl (C=O) groups is 2. The molecule has 3 heterocycles.